The molecule has 4 heteroatoms. The van der Waals surface area contributed by atoms with E-state index in [1.54, 1.807) is 6.20 Å². The van der Waals surface area contributed by atoms with Crippen LogP contribution >= 0.6 is 11.6 Å². The van der Waals surface area contributed by atoms with Crippen molar-refractivity contribution in [2.45, 2.75) is 33.2 Å². The van der Waals surface area contributed by atoms with Crippen LogP contribution < -0.4 is 10.1 Å². The molecule has 0 bridgehead atoms. The lowest BCUT2D eigenvalue weighted by atomic mass is 10.1. The molecular weight excluding hydrogens is 236 g/mol. The van der Waals surface area contributed by atoms with E-state index in [1.165, 1.54) is 0 Å². The quantitative estimate of drug-likeness (QED) is 0.761. The maximum absolute atomic E-state index is 6.09. The van der Waals surface area contributed by atoms with Crippen molar-refractivity contribution in [1.29, 1.82) is 0 Å². The highest BCUT2D eigenvalue weighted by Crippen LogP contribution is 2.22. The third-order valence-electron chi connectivity index (χ3n) is 2.41. The van der Waals surface area contributed by atoms with Gasteiger partial charge in [-0.2, -0.15) is 0 Å². The molecular formula is C13H21ClN2O. The van der Waals surface area contributed by atoms with E-state index in [0.29, 0.717) is 23.4 Å². The van der Waals surface area contributed by atoms with Gasteiger partial charge in [-0.05, 0) is 37.4 Å². The number of ether oxygens (including phenoxy) is 1. The second-order valence-electron chi connectivity index (χ2n) is 4.55. The van der Waals surface area contributed by atoms with E-state index in [0.717, 1.165) is 24.9 Å². The molecule has 0 aromatic carbocycles. The molecule has 0 saturated carbocycles. The molecule has 0 aliphatic rings. The van der Waals surface area contributed by atoms with Crippen molar-refractivity contribution in [2.24, 2.45) is 5.92 Å². The van der Waals surface area contributed by atoms with E-state index < -0.39 is 0 Å². The van der Waals surface area contributed by atoms with Gasteiger partial charge in [0.15, 0.2) is 0 Å². The SMILES string of the molecule is CNCc1cnc(OCCCC(C)C)c(Cl)c1. The molecule has 1 rings (SSSR count). The highest BCUT2D eigenvalue weighted by Gasteiger charge is 2.04. The minimum absolute atomic E-state index is 0.537. The van der Waals surface area contributed by atoms with Crippen LogP contribution in [0.3, 0.4) is 0 Å². The summed E-state index contributed by atoms with van der Waals surface area (Å²) in [5.41, 5.74) is 1.06. The number of pyridine rings is 1. The van der Waals surface area contributed by atoms with Crippen molar-refractivity contribution < 1.29 is 4.74 Å². The predicted octanol–water partition coefficient (Wildman–Crippen LogP) is 3.27. The fourth-order valence-corrected chi connectivity index (χ4v) is 1.78. The van der Waals surface area contributed by atoms with E-state index in [1.807, 2.05) is 13.1 Å². The third-order valence-corrected chi connectivity index (χ3v) is 2.68. The highest BCUT2D eigenvalue weighted by atomic mass is 35.5. The molecule has 0 spiro atoms. The van der Waals surface area contributed by atoms with Gasteiger partial charge in [0, 0.05) is 12.7 Å². The molecule has 0 radical (unpaired) electrons. The molecule has 0 fully saturated rings. The number of halogens is 1. The van der Waals surface area contributed by atoms with Crippen LogP contribution in [-0.2, 0) is 6.54 Å². The number of rotatable bonds is 7. The highest BCUT2D eigenvalue weighted by molar-refractivity contribution is 6.31. The van der Waals surface area contributed by atoms with Gasteiger partial charge in [0.1, 0.15) is 5.02 Å². The summed E-state index contributed by atoms with van der Waals surface area (Å²) in [7, 11) is 1.89. The molecule has 1 heterocycles. The first kappa shape index (κ1) is 14.3. The number of aromatic nitrogens is 1. The number of hydrogen-bond donors (Lipinski definition) is 1. The Morgan fingerprint density at radius 2 is 2.24 bits per heavy atom. The van der Waals surface area contributed by atoms with Crippen LogP contribution in [0.4, 0.5) is 0 Å². The zero-order chi connectivity index (χ0) is 12.7. The second-order valence-corrected chi connectivity index (χ2v) is 4.95. The van der Waals surface area contributed by atoms with Crippen molar-refractivity contribution in [3.05, 3.63) is 22.8 Å². The van der Waals surface area contributed by atoms with Crippen molar-refractivity contribution in [1.82, 2.24) is 10.3 Å². The largest absolute Gasteiger partial charge is 0.477 e. The molecule has 1 aromatic heterocycles. The molecule has 0 aliphatic heterocycles. The van der Waals surface area contributed by atoms with Crippen molar-refractivity contribution >= 4 is 11.6 Å². The summed E-state index contributed by atoms with van der Waals surface area (Å²) in [6.45, 7) is 5.85. The fraction of sp³-hybridized carbons (Fsp3) is 0.615. The molecule has 0 unspecified atom stereocenters. The van der Waals surface area contributed by atoms with Gasteiger partial charge in [0.2, 0.25) is 5.88 Å². The summed E-state index contributed by atoms with van der Waals surface area (Å²) in [6.07, 6.45) is 3.99. The molecule has 0 saturated heterocycles. The fourth-order valence-electron chi connectivity index (χ4n) is 1.53. The lowest BCUT2D eigenvalue weighted by molar-refractivity contribution is 0.287. The zero-order valence-electron chi connectivity index (χ0n) is 10.8. The van der Waals surface area contributed by atoms with Crippen molar-refractivity contribution in [3.63, 3.8) is 0 Å². The van der Waals surface area contributed by atoms with Crippen LogP contribution in [0.25, 0.3) is 0 Å². The van der Waals surface area contributed by atoms with Crippen LogP contribution in [0.5, 0.6) is 5.88 Å². The van der Waals surface area contributed by atoms with Gasteiger partial charge in [-0.25, -0.2) is 4.98 Å². The summed E-state index contributed by atoms with van der Waals surface area (Å²) in [5, 5.41) is 3.64. The van der Waals surface area contributed by atoms with E-state index >= 15 is 0 Å². The third kappa shape index (κ3) is 5.37. The number of hydrogen-bond acceptors (Lipinski definition) is 3. The minimum atomic E-state index is 0.537. The van der Waals surface area contributed by atoms with Gasteiger partial charge >= 0.3 is 0 Å². The first-order valence-corrected chi connectivity index (χ1v) is 6.43. The van der Waals surface area contributed by atoms with E-state index in [-0.39, 0.29) is 0 Å². The summed E-state index contributed by atoms with van der Waals surface area (Å²) >= 11 is 6.09. The first-order chi connectivity index (χ1) is 8.13. The van der Waals surface area contributed by atoms with Crippen LogP contribution in [0.15, 0.2) is 12.3 Å². The Labute approximate surface area is 109 Å². The van der Waals surface area contributed by atoms with Gasteiger partial charge in [-0.3, -0.25) is 0 Å². The van der Waals surface area contributed by atoms with Gasteiger partial charge in [-0.15, -0.1) is 0 Å². The maximum Gasteiger partial charge on any atom is 0.232 e. The van der Waals surface area contributed by atoms with Gasteiger partial charge < -0.3 is 10.1 Å². The minimum Gasteiger partial charge on any atom is -0.477 e. The summed E-state index contributed by atoms with van der Waals surface area (Å²) in [4.78, 5) is 4.22. The molecule has 0 amide bonds. The lowest BCUT2D eigenvalue weighted by Crippen LogP contribution is -2.06. The molecule has 3 nitrogen and oxygen atoms in total. The lowest BCUT2D eigenvalue weighted by Gasteiger charge is -2.09. The van der Waals surface area contributed by atoms with E-state index in [4.69, 9.17) is 16.3 Å². The van der Waals surface area contributed by atoms with Crippen LogP contribution in [0.2, 0.25) is 5.02 Å². The Balaban J connectivity index is 2.43. The normalized spacial score (nSPS) is 10.9. The van der Waals surface area contributed by atoms with Gasteiger partial charge in [0.25, 0.3) is 0 Å². The van der Waals surface area contributed by atoms with Crippen molar-refractivity contribution in [3.8, 4) is 5.88 Å². The Hall–Kier alpha value is -0.800. The summed E-state index contributed by atoms with van der Waals surface area (Å²) < 4.78 is 5.56. The Kier molecular flexibility index (Phi) is 6.30. The van der Waals surface area contributed by atoms with Gasteiger partial charge in [-0.1, -0.05) is 25.4 Å². The average Bonchev–Trinajstić information content (AvgIpc) is 2.27. The summed E-state index contributed by atoms with van der Waals surface area (Å²) in [6, 6.07) is 1.89. The first-order valence-electron chi connectivity index (χ1n) is 6.05. The monoisotopic (exact) mass is 256 g/mol. The maximum atomic E-state index is 6.09. The van der Waals surface area contributed by atoms with Crippen LogP contribution in [0, 0.1) is 5.92 Å². The van der Waals surface area contributed by atoms with E-state index in [9.17, 15) is 0 Å². The predicted molar refractivity (Wildman–Crippen MR) is 71.6 cm³/mol. The molecule has 0 aliphatic carbocycles. The molecule has 1 aromatic rings. The molecule has 17 heavy (non-hydrogen) atoms. The Bertz CT molecular complexity index is 342. The van der Waals surface area contributed by atoms with Crippen molar-refractivity contribution in [2.75, 3.05) is 13.7 Å². The van der Waals surface area contributed by atoms with Crippen LogP contribution in [-0.4, -0.2) is 18.6 Å². The van der Waals surface area contributed by atoms with E-state index in [2.05, 4.69) is 24.1 Å². The standard InChI is InChI=1S/C13H21ClN2O/c1-10(2)5-4-6-17-13-12(14)7-11(8-15-3)9-16-13/h7,9-10,15H,4-6,8H2,1-3H3. The topological polar surface area (TPSA) is 34.2 Å². The van der Waals surface area contributed by atoms with Crippen LogP contribution in [0.1, 0.15) is 32.3 Å². The number of nitrogens with zero attached hydrogens (tertiary/aromatic N) is 1. The Morgan fingerprint density at radius 1 is 1.47 bits per heavy atom. The smallest absolute Gasteiger partial charge is 0.232 e. The van der Waals surface area contributed by atoms with Gasteiger partial charge in [0.05, 0.1) is 6.61 Å². The molecule has 0 atom stereocenters. The summed E-state index contributed by atoms with van der Waals surface area (Å²) in [5.74, 6) is 1.25. The second kappa shape index (κ2) is 7.51. The zero-order valence-corrected chi connectivity index (χ0v) is 11.5. The molecule has 1 N–H and O–H groups in total. The Morgan fingerprint density at radius 3 is 2.82 bits per heavy atom. The average molecular weight is 257 g/mol. The number of nitrogens with one attached hydrogen (secondary N) is 1. The molecule has 96 valence electrons.